The van der Waals surface area contributed by atoms with Crippen LogP contribution in [0.4, 0.5) is 0 Å². The molecule has 1 aromatic rings. The van der Waals surface area contributed by atoms with Gasteiger partial charge in [0.2, 0.25) is 10.9 Å². The van der Waals surface area contributed by atoms with Crippen molar-refractivity contribution in [1.82, 2.24) is 15.9 Å². The fraction of sp³-hybridized carbons (Fsp3) is 0.0667. The van der Waals surface area contributed by atoms with Crippen LogP contribution in [0.15, 0.2) is 65.1 Å². The van der Waals surface area contributed by atoms with E-state index in [1.165, 1.54) is 12.2 Å². The van der Waals surface area contributed by atoms with Gasteiger partial charge < -0.3 is 10.4 Å². The Morgan fingerprint density at radius 3 is 2.50 bits per heavy atom. The molecular weight excluding hydrogens is 350 g/mol. The number of allylic oxidation sites excluding steroid dienone is 5. The SMILES string of the molecule is [O-][N+]([O-])=C1C=CC(=C2NN=C3S[C@@H](c4ccc(Cl)cc4)NN32)C=C1. The summed E-state index contributed by atoms with van der Waals surface area (Å²) in [5.74, 6) is 0.740. The minimum Gasteiger partial charge on any atom is -0.612 e. The van der Waals surface area contributed by atoms with Gasteiger partial charge in [-0.15, -0.1) is 5.10 Å². The van der Waals surface area contributed by atoms with E-state index in [1.807, 2.05) is 29.3 Å². The normalized spacial score (nSPS) is 21.9. The van der Waals surface area contributed by atoms with E-state index in [9.17, 15) is 10.4 Å². The first-order valence-corrected chi connectivity index (χ1v) is 8.31. The van der Waals surface area contributed by atoms with Gasteiger partial charge in [-0.2, -0.15) is 4.90 Å². The van der Waals surface area contributed by atoms with Crippen LogP contribution in [0, 0.1) is 10.4 Å². The van der Waals surface area contributed by atoms with Crippen LogP contribution in [-0.4, -0.2) is 20.8 Å². The Labute approximate surface area is 146 Å². The summed E-state index contributed by atoms with van der Waals surface area (Å²) < 4.78 is 0. The lowest BCUT2D eigenvalue weighted by atomic mass is 10.1. The molecule has 122 valence electrons. The number of hydrazone groups is 1. The number of thioether (sulfide) groups is 1. The van der Waals surface area contributed by atoms with Gasteiger partial charge in [0.15, 0.2) is 5.82 Å². The van der Waals surface area contributed by atoms with Gasteiger partial charge in [-0.05, 0) is 29.8 Å². The zero-order chi connectivity index (χ0) is 16.7. The molecule has 0 bridgehead atoms. The number of amidine groups is 1. The predicted octanol–water partition coefficient (Wildman–Crippen LogP) is 2.55. The van der Waals surface area contributed by atoms with Crippen molar-refractivity contribution in [3.63, 3.8) is 0 Å². The third-order valence-electron chi connectivity index (χ3n) is 3.67. The Morgan fingerprint density at radius 1 is 1.12 bits per heavy atom. The van der Waals surface area contributed by atoms with Gasteiger partial charge >= 0.3 is 0 Å². The van der Waals surface area contributed by atoms with Crippen LogP contribution in [0.5, 0.6) is 0 Å². The molecule has 2 heterocycles. The van der Waals surface area contributed by atoms with Gasteiger partial charge in [0.1, 0.15) is 5.37 Å². The third-order valence-corrected chi connectivity index (χ3v) is 5.02. The number of hydrazine groups is 1. The fourth-order valence-electron chi connectivity index (χ4n) is 2.46. The molecule has 1 aliphatic carbocycles. The molecule has 0 amide bonds. The number of hydrogen-bond acceptors (Lipinski definition) is 7. The van der Waals surface area contributed by atoms with Crippen LogP contribution in [0.3, 0.4) is 0 Å². The second-order valence-electron chi connectivity index (χ2n) is 5.17. The van der Waals surface area contributed by atoms with Crippen LogP contribution >= 0.6 is 23.4 Å². The van der Waals surface area contributed by atoms with Gasteiger partial charge in [-0.25, -0.2) is 10.4 Å². The van der Waals surface area contributed by atoms with Crippen LogP contribution in [-0.2, 0) is 0 Å². The highest BCUT2D eigenvalue weighted by atomic mass is 35.5. The highest BCUT2D eigenvalue weighted by molar-refractivity contribution is 8.14. The van der Waals surface area contributed by atoms with E-state index in [0.717, 1.165) is 22.1 Å². The molecular formula is C15H11ClN5O2S-. The zero-order valence-corrected chi connectivity index (χ0v) is 13.7. The summed E-state index contributed by atoms with van der Waals surface area (Å²) in [4.78, 5) is -0.418. The van der Waals surface area contributed by atoms with Crippen LogP contribution in [0.25, 0.3) is 0 Å². The molecule has 24 heavy (non-hydrogen) atoms. The maximum Gasteiger partial charge on any atom is 0.222 e. The molecule has 1 aromatic carbocycles. The van der Waals surface area contributed by atoms with Gasteiger partial charge in [-0.3, -0.25) is 5.43 Å². The Hall–Kier alpha value is -2.42. The highest BCUT2D eigenvalue weighted by Gasteiger charge is 2.36. The van der Waals surface area contributed by atoms with Crippen molar-refractivity contribution in [3.05, 3.63) is 81.0 Å². The van der Waals surface area contributed by atoms with Crippen LogP contribution in [0.2, 0.25) is 5.02 Å². The monoisotopic (exact) mass is 360 g/mol. The maximum absolute atomic E-state index is 10.8. The minimum atomic E-state index is -0.418. The molecule has 2 aliphatic heterocycles. The van der Waals surface area contributed by atoms with E-state index in [2.05, 4.69) is 16.0 Å². The second kappa shape index (κ2) is 5.90. The molecule has 1 saturated heterocycles. The van der Waals surface area contributed by atoms with Gasteiger partial charge in [0.25, 0.3) is 0 Å². The van der Waals surface area contributed by atoms with E-state index < -0.39 is 4.90 Å². The van der Waals surface area contributed by atoms with Crippen molar-refractivity contribution in [1.29, 1.82) is 0 Å². The zero-order valence-electron chi connectivity index (χ0n) is 12.1. The summed E-state index contributed by atoms with van der Waals surface area (Å²) in [6.07, 6.45) is 6.34. The third kappa shape index (κ3) is 2.64. The van der Waals surface area contributed by atoms with E-state index in [4.69, 9.17) is 11.6 Å². The van der Waals surface area contributed by atoms with Crippen LogP contribution in [0.1, 0.15) is 10.9 Å². The molecule has 0 radical (unpaired) electrons. The van der Waals surface area contributed by atoms with Crippen molar-refractivity contribution in [2.45, 2.75) is 5.37 Å². The van der Waals surface area contributed by atoms with Crippen molar-refractivity contribution >= 4 is 34.2 Å². The van der Waals surface area contributed by atoms with E-state index in [0.29, 0.717) is 5.02 Å². The topological polar surface area (TPSA) is 88.8 Å². The molecule has 9 heteroatoms. The van der Waals surface area contributed by atoms with Gasteiger partial charge in [0, 0.05) is 22.7 Å². The Balaban J connectivity index is 1.58. The van der Waals surface area contributed by atoms with Gasteiger partial charge in [0.05, 0.1) is 0 Å². The second-order valence-corrected chi connectivity index (χ2v) is 6.68. The first-order valence-electron chi connectivity index (χ1n) is 7.06. The lowest BCUT2D eigenvalue weighted by molar-refractivity contribution is -0.377. The van der Waals surface area contributed by atoms with Gasteiger partial charge in [-0.1, -0.05) is 35.5 Å². The molecule has 0 saturated carbocycles. The Bertz CT molecular complexity index is 822. The van der Waals surface area contributed by atoms with E-state index in [-0.39, 0.29) is 11.1 Å². The molecule has 0 spiro atoms. The fourth-order valence-corrected chi connectivity index (χ4v) is 3.59. The Morgan fingerprint density at radius 2 is 1.83 bits per heavy atom. The number of fused-ring (bicyclic) bond motifs is 1. The number of nitrogens with one attached hydrogen (secondary N) is 2. The van der Waals surface area contributed by atoms with E-state index >= 15 is 0 Å². The minimum absolute atomic E-state index is 0.0242. The number of nitrogens with zero attached hydrogens (tertiary/aromatic N) is 3. The molecule has 0 unspecified atom stereocenters. The summed E-state index contributed by atoms with van der Waals surface area (Å²) in [5, 5.41) is 29.2. The summed E-state index contributed by atoms with van der Waals surface area (Å²) in [6, 6.07) is 7.64. The summed E-state index contributed by atoms with van der Waals surface area (Å²) >= 11 is 7.51. The smallest absolute Gasteiger partial charge is 0.222 e. The lowest BCUT2D eigenvalue weighted by Gasteiger charge is -2.18. The largest absolute Gasteiger partial charge is 0.612 e. The van der Waals surface area contributed by atoms with Crippen molar-refractivity contribution in [2.75, 3.05) is 0 Å². The standard InChI is InChI=1S/C15H11ClN5O2S/c16-11-5-1-10(2-6-11)14-19-20-13(17-18-15(20)24-14)9-3-7-12(8-4-9)21(22)23/h1-8,14,17,19H/q-1/t14-/m0/s1. The molecule has 0 aromatic heterocycles. The average Bonchev–Trinajstić information content (AvgIpc) is 3.16. The quantitative estimate of drug-likeness (QED) is 0.591. The lowest BCUT2D eigenvalue weighted by Crippen LogP contribution is -2.34. The molecule has 2 N–H and O–H groups in total. The summed E-state index contributed by atoms with van der Waals surface area (Å²) in [5.41, 5.74) is 8.28. The molecule has 1 fully saturated rings. The number of rotatable bonds is 1. The van der Waals surface area contributed by atoms with Crippen molar-refractivity contribution in [2.24, 2.45) is 5.10 Å². The maximum atomic E-state index is 10.8. The Kier molecular flexibility index (Phi) is 3.72. The van der Waals surface area contributed by atoms with Crippen LogP contribution < -0.4 is 10.9 Å². The summed E-state index contributed by atoms with van der Waals surface area (Å²) in [7, 11) is 0. The molecule has 1 atom stereocenters. The number of benzene rings is 1. The van der Waals surface area contributed by atoms with Crippen molar-refractivity contribution < 1.29 is 4.90 Å². The molecule has 7 nitrogen and oxygen atoms in total. The molecule has 4 rings (SSSR count). The van der Waals surface area contributed by atoms with Crippen molar-refractivity contribution in [3.8, 4) is 0 Å². The summed E-state index contributed by atoms with van der Waals surface area (Å²) in [6.45, 7) is 0. The number of hydrogen-bond donors (Lipinski definition) is 2. The number of halogens is 1. The van der Waals surface area contributed by atoms with E-state index in [1.54, 1.807) is 23.9 Å². The highest BCUT2D eigenvalue weighted by Crippen LogP contribution is 2.38. The first kappa shape index (κ1) is 15.1. The first-order chi connectivity index (χ1) is 11.6. The average molecular weight is 361 g/mol. The molecule has 3 aliphatic rings. The predicted molar refractivity (Wildman–Crippen MR) is 94.6 cm³/mol.